The van der Waals surface area contributed by atoms with Crippen LogP contribution in [0.15, 0.2) is 58.9 Å². The normalized spacial score (nSPS) is 11.8. The molecule has 0 saturated heterocycles. The van der Waals surface area contributed by atoms with Crippen LogP contribution < -0.4 is 4.31 Å². The molecule has 2 aromatic heterocycles. The van der Waals surface area contributed by atoms with Crippen LogP contribution in [0, 0.1) is 6.92 Å². The van der Waals surface area contributed by atoms with Gasteiger partial charge in [0.25, 0.3) is 10.0 Å². The number of hydrogen-bond acceptors (Lipinski definition) is 6. The summed E-state index contributed by atoms with van der Waals surface area (Å²) in [7, 11) is -3.76. The van der Waals surface area contributed by atoms with Crippen molar-refractivity contribution in [1.82, 2.24) is 19.8 Å². The van der Waals surface area contributed by atoms with Crippen molar-refractivity contribution in [3.05, 3.63) is 70.5 Å². The first-order chi connectivity index (χ1) is 13.4. The van der Waals surface area contributed by atoms with E-state index in [1.54, 1.807) is 58.6 Å². The van der Waals surface area contributed by atoms with Crippen LogP contribution in [0.25, 0.3) is 4.96 Å². The molecule has 0 N–H and O–H groups in total. The first kappa shape index (κ1) is 18.9. The quantitative estimate of drug-likeness (QED) is 0.464. The van der Waals surface area contributed by atoms with Crippen molar-refractivity contribution in [2.45, 2.75) is 18.2 Å². The summed E-state index contributed by atoms with van der Waals surface area (Å²) >= 11 is 7.36. The summed E-state index contributed by atoms with van der Waals surface area (Å²) in [4.78, 5) is 0.905. The molecule has 0 aliphatic heterocycles. The summed E-state index contributed by atoms with van der Waals surface area (Å²) in [6.45, 7) is 2.11. The van der Waals surface area contributed by atoms with Gasteiger partial charge in [-0.2, -0.15) is 9.61 Å². The van der Waals surface area contributed by atoms with Gasteiger partial charge in [-0.3, -0.25) is 4.31 Å². The molecule has 0 atom stereocenters. The van der Waals surface area contributed by atoms with Crippen molar-refractivity contribution in [3.63, 3.8) is 0 Å². The molecule has 0 aliphatic rings. The minimum atomic E-state index is -3.76. The summed E-state index contributed by atoms with van der Waals surface area (Å²) in [5.41, 5.74) is 3.20. The van der Waals surface area contributed by atoms with Crippen molar-refractivity contribution in [3.8, 4) is 0 Å². The van der Waals surface area contributed by atoms with Crippen LogP contribution in [0.1, 0.15) is 11.4 Å². The lowest BCUT2D eigenvalue weighted by Gasteiger charge is -2.24. The smallest absolute Gasteiger partial charge is 0.264 e. The predicted octanol–water partition coefficient (Wildman–Crippen LogP) is 3.59. The largest absolute Gasteiger partial charge is 0.266 e. The van der Waals surface area contributed by atoms with E-state index >= 15 is 0 Å². The van der Waals surface area contributed by atoms with Crippen molar-refractivity contribution in [2.75, 3.05) is 10.8 Å². The summed E-state index contributed by atoms with van der Waals surface area (Å²) < 4.78 is 29.7. The fourth-order valence-electron chi connectivity index (χ4n) is 2.79. The molecular formula is C18H16ClN5O2S2. The standard InChI is InChI=1S/C18H16ClN5O2S2/c1-13-2-8-16(9-3-13)28(25,26)23(15-6-4-14(19)5-7-15)11-10-17-21-22-18-24(17)20-12-27-18/h2-9,12H,10-11H2,1H3. The lowest BCUT2D eigenvalue weighted by atomic mass is 10.2. The Labute approximate surface area is 171 Å². The molecule has 28 heavy (non-hydrogen) atoms. The zero-order valence-electron chi connectivity index (χ0n) is 14.9. The molecule has 4 aromatic rings. The van der Waals surface area contributed by atoms with Gasteiger partial charge in [0.1, 0.15) is 5.51 Å². The summed E-state index contributed by atoms with van der Waals surface area (Å²) in [6, 6.07) is 13.5. The van der Waals surface area contributed by atoms with Crippen molar-refractivity contribution in [2.24, 2.45) is 0 Å². The average Bonchev–Trinajstić information content (AvgIpc) is 3.28. The maximum atomic E-state index is 13.3. The second-order valence-corrected chi connectivity index (χ2v) is 9.28. The fourth-order valence-corrected chi connectivity index (χ4v) is 4.96. The Morgan fingerprint density at radius 1 is 1.07 bits per heavy atom. The number of nitrogens with zero attached hydrogens (tertiary/aromatic N) is 5. The first-order valence-corrected chi connectivity index (χ1v) is 11.1. The van der Waals surface area contributed by atoms with Gasteiger partial charge in [0.05, 0.1) is 10.6 Å². The maximum Gasteiger partial charge on any atom is 0.264 e. The third-order valence-electron chi connectivity index (χ3n) is 4.26. The van der Waals surface area contributed by atoms with Crippen LogP contribution in [-0.4, -0.2) is 34.8 Å². The fraction of sp³-hybridized carbons (Fsp3) is 0.167. The molecule has 0 unspecified atom stereocenters. The highest BCUT2D eigenvalue weighted by atomic mass is 35.5. The third-order valence-corrected chi connectivity index (χ3v) is 7.02. The molecule has 0 fully saturated rings. The minimum Gasteiger partial charge on any atom is -0.266 e. The van der Waals surface area contributed by atoms with Gasteiger partial charge < -0.3 is 0 Å². The van der Waals surface area contributed by atoms with E-state index in [1.807, 2.05) is 6.92 Å². The molecule has 10 heteroatoms. The molecule has 0 saturated carbocycles. The highest BCUT2D eigenvalue weighted by molar-refractivity contribution is 7.92. The number of sulfonamides is 1. The molecule has 2 heterocycles. The first-order valence-electron chi connectivity index (χ1n) is 8.44. The van der Waals surface area contributed by atoms with E-state index in [2.05, 4.69) is 15.3 Å². The lowest BCUT2D eigenvalue weighted by molar-refractivity contribution is 0.589. The molecule has 0 spiro atoms. The molecule has 0 radical (unpaired) electrons. The Morgan fingerprint density at radius 2 is 1.79 bits per heavy atom. The van der Waals surface area contributed by atoms with Gasteiger partial charge in [0.15, 0.2) is 5.82 Å². The number of anilines is 1. The number of hydrogen-bond donors (Lipinski definition) is 0. The Balaban J connectivity index is 1.70. The van der Waals surface area contributed by atoms with Crippen LogP contribution in [0.5, 0.6) is 0 Å². The zero-order valence-corrected chi connectivity index (χ0v) is 17.2. The second-order valence-electron chi connectivity index (χ2n) is 6.17. The summed E-state index contributed by atoms with van der Waals surface area (Å²) in [5, 5.41) is 12.9. The van der Waals surface area contributed by atoms with E-state index in [4.69, 9.17) is 11.6 Å². The van der Waals surface area contributed by atoms with Crippen LogP contribution in [0.3, 0.4) is 0 Å². The Bertz CT molecular complexity index is 1200. The van der Waals surface area contributed by atoms with Gasteiger partial charge in [0, 0.05) is 18.0 Å². The molecule has 7 nitrogen and oxygen atoms in total. The molecule has 0 aliphatic carbocycles. The predicted molar refractivity (Wildman–Crippen MR) is 110 cm³/mol. The maximum absolute atomic E-state index is 13.3. The van der Waals surface area contributed by atoms with Crippen LogP contribution in [0.2, 0.25) is 5.02 Å². The van der Waals surface area contributed by atoms with Gasteiger partial charge >= 0.3 is 0 Å². The summed E-state index contributed by atoms with van der Waals surface area (Å²) in [6.07, 6.45) is 0.360. The number of fused-ring (bicyclic) bond motifs is 1. The second kappa shape index (κ2) is 7.50. The average molecular weight is 434 g/mol. The topological polar surface area (TPSA) is 80.5 Å². The SMILES string of the molecule is Cc1ccc(S(=O)(=O)N(CCc2nnc3scnn23)c2ccc(Cl)cc2)cc1. The van der Waals surface area contributed by atoms with Crippen LogP contribution in [0.4, 0.5) is 5.69 Å². The van der Waals surface area contributed by atoms with Crippen LogP contribution in [-0.2, 0) is 16.4 Å². The number of halogens is 1. The Kier molecular flexibility index (Phi) is 5.05. The van der Waals surface area contributed by atoms with Crippen LogP contribution >= 0.6 is 22.9 Å². The number of rotatable bonds is 6. The molecular weight excluding hydrogens is 418 g/mol. The minimum absolute atomic E-state index is 0.191. The Hall–Kier alpha value is -2.49. The van der Waals surface area contributed by atoms with Gasteiger partial charge in [0.2, 0.25) is 4.96 Å². The molecule has 0 bridgehead atoms. The van der Waals surface area contributed by atoms with E-state index in [1.165, 1.54) is 15.6 Å². The van der Waals surface area contributed by atoms with E-state index < -0.39 is 10.0 Å². The molecule has 144 valence electrons. The van der Waals surface area contributed by atoms with Gasteiger partial charge in [-0.05, 0) is 43.3 Å². The Morgan fingerprint density at radius 3 is 2.50 bits per heavy atom. The number of aromatic nitrogens is 4. The van der Waals surface area contributed by atoms with Gasteiger partial charge in [-0.15, -0.1) is 10.2 Å². The van der Waals surface area contributed by atoms with E-state index in [0.717, 1.165) is 5.56 Å². The number of aryl methyl sites for hydroxylation is 1. The van der Waals surface area contributed by atoms with E-state index in [-0.39, 0.29) is 11.4 Å². The molecule has 2 aromatic carbocycles. The van der Waals surface area contributed by atoms with Crippen molar-refractivity contribution in [1.29, 1.82) is 0 Å². The highest BCUT2D eigenvalue weighted by Gasteiger charge is 2.25. The van der Waals surface area contributed by atoms with Gasteiger partial charge in [-0.1, -0.05) is 40.6 Å². The molecule has 4 rings (SSSR count). The van der Waals surface area contributed by atoms with E-state index in [0.29, 0.717) is 27.9 Å². The lowest BCUT2D eigenvalue weighted by Crippen LogP contribution is -2.33. The third kappa shape index (κ3) is 3.60. The van der Waals surface area contributed by atoms with Crippen molar-refractivity contribution >= 4 is 43.6 Å². The number of benzene rings is 2. The zero-order chi connectivity index (χ0) is 19.7. The summed E-state index contributed by atoms with van der Waals surface area (Å²) in [5.74, 6) is 0.606. The monoisotopic (exact) mass is 433 g/mol. The highest BCUT2D eigenvalue weighted by Crippen LogP contribution is 2.26. The van der Waals surface area contributed by atoms with Crippen molar-refractivity contribution < 1.29 is 8.42 Å². The van der Waals surface area contributed by atoms with E-state index in [9.17, 15) is 8.42 Å². The van der Waals surface area contributed by atoms with Gasteiger partial charge in [-0.25, -0.2) is 8.42 Å². The molecule has 0 amide bonds.